The van der Waals surface area contributed by atoms with Gasteiger partial charge in [-0.15, -0.1) is 0 Å². The summed E-state index contributed by atoms with van der Waals surface area (Å²) in [5.74, 6) is -0.365. The van der Waals surface area contributed by atoms with Crippen molar-refractivity contribution in [2.45, 2.75) is 65.1 Å². The van der Waals surface area contributed by atoms with Gasteiger partial charge in [0.2, 0.25) is 5.91 Å². The number of aryl methyl sites for hydroxylation is 1. The molecule has 34 heavy (non-hydrogen) atoms. The van der Waals surface area contributed by atoms with Crippen molar-refractivity contribution in [1.29, 1.82) is 0 Å². The first-order chi connectivity index (χ1) is 16.2. The maximum atomic E-state index is 13.2. The molecule has 3 aliphatic rings. The number of piperidine rings is 1. The molecular formula is C26H34N4O3S. The first-order valence-electron chi connectivity index (χ1n) is 11.9. The molecule has 1 atom stereocenters. The molecule has 1 N–H and O–H groups in total. The molecule has 1 amide bonds. The Morgan fingerprint density at radius 1 is 1.18 bits per heavy atom. The topological polar surface area (TPSA) is 74.2 Å². The lowest BCUT2D eigenvalue weighted by molar-refractivity contribution is -0.143. The molecule has 1 aromatic rings. The van der Waals surface area contributed by atoms with Crippen LogP contribution in [0.5, 0.6) is 0 Å². The van der Waals surface area contributed by atoms with E-state index in [0.717, 1.165) is 47.9 Å². The lowest BCUT2D eigenvalue weighted by atomic mass is 9.93. The zero-order valence-corrected chi connectivity index (χ0v) is 21.4. The molecule has 0 aliphatic carbocycles. The van der Waals surface area contributed by atoms with Gasteiger partial charge in [0.1, 0.15) is 0 Å². The van der Waals surface area contributed by atoms with E-state index in [1.165, 1.54) is 11.8 Å². The maximum absolute atomic E-state index is 13.2. The number of hydrogen-bond donors (Lipinski definition) is 1. The minimum atomic E-state index is -0.392. The minimum Gasteiger partial charge on any atom is -0.459 e. The molecule has 7 nitrogen and oxygen atoms in total. The number of carbonyl (C=O) groups is 2. The van der Waals surface area contributed by atoms with Crippen LogP contribution in [0.25, 0.3) is 0 Å². The number of thioether (sulfide) groups is 1. The van der Waals surface area contributed by atoms with Crippen molar-refractivity contribution in [3.05, 3.63) is 57.8 Å². The molecule has 8 heteroatoms. The van der Waals surface area contributed by atoms with Crippen LogP contribution in [0, 0.1) is 6.92 Å². The van der Waals surface area contributed by atoms with E-state index in [9.17, 15) is 9.59 Å². The van der Waals surface area contributed by atoms with E-state index in [1.807, 2.05) is 62.3 Å². The number of rotatable bonds is 6. The van der Waals surface area contributed by atoms with Crippen LogP contribution in [-0.2, 0) is 14.3 Å². The Labute approximate surface area is 206 Å². The van der Waals surface area contributed by atoms with Crippen LogP contribution in [0.3, 0.4) is 0 Å². The highest BCUT2D eigenvalue weighted by Gasteiger charge is 2.41. The Kier molecular flexibility index (Phi) is 7.48. The van der Waals surface area contributed by atoms with Crippen LogP contribution in [-0.4, -0.2) is 59.1 Å². The molecule has 0 unspecified atom stereocenters. The van der Waals surface area contributed by atoms with Crippen LogP contribution in [0.4, 0.5) is 0 Å². The molecule has 1 fully saturated rings. The van der Waals surface area contributed by atoms with Gasteiger partial charge in [0.05, 0.1) is 29.8 Å². The normalized spacial score (nSPS) is 21.4. The number of nitrogens with one attached hydrogen (secondary N) is 1. The zero-order valence-electron chi connectivity index (χ0n) is 20.6. The Morgan fingerprint density at radius 3 is 2.50 bits per heavy atom. The van der Waals surface area contributed by atoms with Crippen LogP contribution >= 0.6 is 11.8 Å². The first kappa shape index (κ1) is 24.5. The van der Waals surface area contributed by atoms with Gasteiger partial charge in [0, 0.05) is 11.7 Å². The summed E-state index contributed by atoms with van der Waals surface area (Å²) in [6.45, 7) is 9.57. The number of carbonyl (C=O) groups excluding carboxylic acids is 2. The summed E-state index contributed by atoms with van der Waals surface area (Å²) in [5, 5.41) is 5.97. The predicted octanol–water partition coefficient (Wildman–Crippen LogP) is 4.12. The summed E-state index contributed by atoms with van der Waals surface area (Å²) in [5.41, 5.74) is 4.13. The third-order valence-corrected chi connectivity index (χ3v) is 7.27. The number of benzene rings is 1. The summed E-state index contributed by atoms with van der Waals surface area (Å²) >= 11 is 1.50. The van der Waals surface area contributed by atoms with Crippen LogP contribution in [0.2, 0.25) is 0 Å². The van der Waals surface area contributed by atoms with E-state index in [4.69, 9.17) is 9.73 Å². The van der Waals surface area contributed by atoms with E-state index >= 15 is 0 Å². The second-order valence-corrected chi connectivity index (χ2v) is 10.4. The average Bonchev–Trinajstić information content (AvgIpc) is 3.16. The van der Waals surface area contributed by atoms with Crippen molar-refractivity contribution in [2.75, 3.05) is 20.1 Å². The van der Waals surface area contributed by atoms with Gasteiger partial charge in [-0.1, -0.05) is 41.6 Å². The summed E-state index contributed by atoms with van der Waals surface area (Å²) in [6, 6.07) is 7.98. The highest BCUT2D eigenvalue weighted by atomic mass is 32.2. The molecular weight excluding hydrogens is 448 g/mol. The fourth-order valence-electron chi connectivity index (χ4n) is 4.57. The molecule has 0 saturated carbocycles. The Hall–Kier alpha value is -2.58. The molecule has 0 bridgehead atoms. The van der Waals surface area contributed by atoms with Crippen molar-refractivity contribution in [3.63, 3.8) is 0 Å². The number of aliphatic imine (C=N–C) groups is 1. The fourth-order valence-corrected chi connectivity index (χ4v) is 5.53. The second-order valence-electron chi connectivity index (χ2n) is 9.58. The minimum absolute atomic E-state index is 0.00268. The molecule has 0 aromatic heterocycles. The van der Waals surface area contributed by atoms with E-state index in [2.05, 4.69) is 17.3 Å². The number of amidine groups is 1. The lowest BCUT2D eigenvalue weighted by Gasteiger charge is -2.36. The van der Waals surface area contributed by atoms with Gasteiger partial charge >= 0.3 is 5.97 Å². The molecule has 182 valence electrons. The van der Waals surface area contributed by atoms with E-state index in [1.54, 1.807) is 0 Å². The highest BCUT2D eigenvalue weighted by Crippen LogP contribution is 2.45. The number of esters is 1. The van der Waals surface area contributed by atoms with Gasteiger partial charge < -0.3 is 19.9 Å². The third-order valence-electron chi connectivity index (χ3n) is 6.38. The number of ether oxygens (including phenoxy) is 1. The number of likely N-dealkylation sites (tertiary alicyclic amines) is 1. The second kappa shape index (κ2) is 10.4. The molecule has 4 rings (SSSR count). The summed E-state index contributed by atoms with van der Waals surface area (Å²) in [4.78, 5) is 35.2. The summed E-state index contributed by atoms with van der Waals surface area (Å²) in [7, 11) is 2.11. The third kappa shape index (κ3) is 5.39. The number of nitrogens with zero attached hydrogens (tertiary/aromatic N) is 3. The molecule has 0 radical (unpaired) electrons. The number of allylic oxidation sites excluding steroid dienone is 1. The predicted molar refractivity (Wildman–Crippen MR) is 136 cm³/mol. The largest absolute Gasteiger partial charge is 0.459 e. The number of fused-ring (bicyclic) bond motifs is 1. The quantitative estimate of drug-likeness (QED) is 0.615. The zero-order chi connectivity index (χ0) is 24.4. The Bertz CT molecular complexity index is 1040. The van der Waals surface area contributed by atoms with Gasteiger partial charge in [-0.2, -0.15) is 0 Å². The molecule has 3 heterocycles. The summed E-state index contributed by atoms with van der Waals surface area (Å²) < 4.78 is 5.61. The van der Waals surface area contributed by atoms with Gasteiger partial charge in [0.15, 0.2) is 5.17 Å². The maximum Gasteiger partial charge on any atom is 0.338 e. The molecule has 3 aliphatic heterocycles. The van der Waals surface area contributed by atoms with Crippen LogP contribution < -0.4 is 5.32 Å². The number of amides is 1. The van der Waals surface area contributed by atoms with Crippen molar-refractivity contribution in [2.24, 2.45) is 4.99 Å². The van der Waals surface area contributed by atoms with Gasteiger partial charge in [0.25, 0.3) is 0 Å². The number of hydrogen-bond acceptors (Lipinski definition) is 7. The first-order valence-corrected chi connectivity index (χ1v) is 12.8. The van der Waals surface area contributed by atoms with Gasteiger partial charge in [-0.05, 0) is 71.6 Å². The standard InChI is InChI=1S/C26H34N4O3S/c1-16(2)33-25(32)23-18(4)27-26-30(24(23)19-8-6-17(3)7-9-19)21(15-34-26)14-22(31)28-20-10-12-29(5)13-11-20/h6-9,15-16,20,24H,10-14H2,1-5H3,(H,28,31)/t24-/m1/s1. The lowest BCUT2D eigenvalue weighted by Crippen LogP contribution is -2.44. The molecule has 1 saturated heterocycles. The fraction of sp³-hybridized carbons (Fsp3) is 0.500. The Balaban J connectivity index is 1.60. The van der Waals surface area contributed by atoms with E-state index < -0.39 is 6.04 Å². The van der Waals surface area contributed by atoms with Crippen molar-refractivity contribution in [1.82, 2.24) is 15.1 Å². The van der Waals surface area contributed by atoms with Crippen LogP contribution in [0.15, 0.2) is 51.6 Å². The van der Waals surface area contributed by atoms with Crippen molar-refractivity contribution < 1.29 is 14.3 Å². The van der Waals surface area contributed by atoms with E-state index in [-0.39, 0.29) is 30.4 Å². The molecule has 0 spiro atoms. The van der Waals surface area contributed by atoms with Crippen molar-refractivity contribution >= 4 is 28.8 Å². The SMILES string of the molecule is CC1=C(C(=O)OC(C)C)[C@@H](c2ccc(C)cc2)N2C(CC(=O)NC3CCN(C)CC3)=CSC2=N1. The summed E-state index contributed by atoms with van der Waals surface area (Å²) in [6.07, 6.45) is 1.93. The van der Waals surface area contributed by atoms with Gasteiger partial charge in [-0.25, -0.2) is 9.79 Å². The molecule has 1 aromatic carbocycles. The highest BCUT2D eigenvalue weighted by molar-refractivity contribution is 8.16. The smallest absolute Gasteiger partial charge is 0.338 e. The van der Waals surface area contributed by atoms with Crippen molar-refractivity contribution in [3.8, 4) is 0 Å². The van der Waals surface area contributed by atoms with Crippen LogP contribution in [0.1, 0.15) is 57.2 Å². The Morgan fingerprint density at radius 2 is 1.85 bits per heavy atom. The average molecular weight is 483 g/mol. The van der Waals surface area contributed by atoms with E-state index in [0.29, 0.717) is 11.3 Å². The monoisotopic (exact) mass is 482 g/mol. The van der Waals surface area contributed by atoms with Gasteiger partial charge in [-0.3, -0.25) is 4.79 Å².